The van der Waals surface area contributed by atoms with Crippen molar-refractivity contribution >= 4 is 18.3 Å². The molecule has 0 spiro atoms. The summed E-state index contributed by atoms with van der Waals surface area (Å²) in [5.74, 6) is 0.421. The van der Waals surface area contributed by atoms with E-state index < -0.39 is 0 Å². The van der Waals surface area contributed by atoms with Crippen molar-refractivity contribution in [2.24, 2.45) is 11.7 Å². The van der Waals surface area contributed by atoms with Gasteiger partial charge in [-0.15, -0.1) is 12.4 Å². The highest BCUT2D eigenvalue weighted by molar-refractivity contribution is 5.85. The van der Waals surface area contributed by atoms with Crippen molar-refractivity contribution in [3.63, 3.8) is 0 Å². The molecule has 0 aromatic heterocycles. The second-order valence-electron chi connectivity index (χ2n) is 5.05. The van der Waals surface area contributed by atoms with Gasteiger partial charge >= 0.3 is 0 Å². The molecule has 3 heterocycles. The molecule has 2 N–H and O–H groups in total. The van der Waals surface area contributed by atoms with Crippen LogP contribution in [-0.4, -0.2) is 42.1 Å². The van der Waals surface area contributed by atoms with Gasteiger partial charge in [-0.05, 0) is 25.7 Å². The van der Waals surface area contributed by atoms with Gasteiger partial charge in [0.15, 0.2) is 0 Å². The Labute approximate surface area is 102 Å². The molecule has 4 atom stereocenters. The van der Waals surface area contributed by atoms with Crippen molar-refractivity contribution in [2.45, 2.75) is 43.9 Å². The fraction of sp³-hybridized carbons (Fsp3) is 0.909. The maximum atomic E-state index is 12.2. The number of rotatable bonds is 1. The average molecular weight is 247 g/mol. The molecule has 0 saturated carbocycles. The summed E-state index contributed by atoms with van der Waals surface area (Å²) in [4.78, 5) is 14.1. The minimum Gasteiger partial charge on any atom is -0.374 e. The highest BCUT2D eigenvalue weighted by Gasteiger charge is 2.46. The van der Waals surface area contributed by atoms with E-state index in [2.05, 4.69) is 0 Å². The van der Waals surface area contributed by atoms with Gasteiger partial charge in [-0.1, -0.05) is 0 Å². The van der Waals surface area contributed by atoms with E-state index >= 15 is 0 Å². The Morgan fingerprint density at radius 1 is 1.31 bits per heavy atom. The third kappa shape index (κ3) is 1.94. The second-order valence-corrected chi connectivity index (χ2v) is 5.05. The van der Waals surface area contributed by atoms with E-state index in [-0.39, 0.29) is 36.4 Å². The third-order valence-electron chi connectivity index (χ3n) is 3.96. The SMILES string of the molecule is Cl.N[C@@H]1CCN(C(=O)C2CC3CCC2O3)C1. The molecular formula is C11H19ClN2O2. The molecule has 0 radical (unpaired) electrons. The number of hydrogen-bond acceptors (Lipinski definition) is 3. The van der Waals surface area contributed by atoms with Gasteiger partial charge in [0, 0.05) is 19.1 Å². The Morgan fingerprint density at radius 3 is 2.62 bits per heavy atom. The van der Waals surface area contributed by atoms with E-state index in [4.69, 9.17) is 10.5 Å². The molecule has 3 fully saturated rings. The van der Waals surface area contributed by atoms with Crippen LogP contribution in [0.2, 0.25) is 0 Å². The molecule has 0 aliphatic carbocycles. The second kappa shape index (κ2) is 4.51. The highest BCUT2D eigenvalue weighted by Crippen LogP contribution is 2.39. The van der Waals surface area contributed by atoms with Crippen molar-refractivity contribution in [3.8, 4) is 0 Å². The van der Waals surface area contributed by atoms with Crippen LogP contribution < -0.4 is 5.73 Å². The van der Waals surface area contributed by atoms with Gasteiger partial charge in [0.25, 0.3) is 0 Å². The molecule has 3 unspecified atom stereocenters. The molecule has 3 aliphatic rings. The summed E-state index contributed by atoms with van der Waals surface area (Å²) < 4.78 is 5.71. The first-order chi connectivity index (χ1) is 7.24. The minimum atomic E-state index is 0. The summed E-state index contributed by atoms with van der Waals surface area (Å²) in [6.07, 6.45) is 4.68. The monoisotopic (exact) mass is 246 g/mol. The lowest BCUT2D eigenvalue weighted by molar-refractivity contribution is -0.136. The molecule has 3 saturated heterocycles. The molecule has 16 heavy (non-hydrogen) atoms. The lowest BCUT2D eigenvalue weighted by Crippen LogP contribution is -2.39. The number of carbonyl (C=O) groups is 1. The fourth-order valence-corrected chi connectivity index (χ4v) is 3.12. The average Bonchev–Trinajstić information content (AvgIpc) is 2.90. The van der Waals surface area contributed by atoms with E-state index in [0.717, 1.165) is 38.8 Å². The molecule has 5 heteroatoms. The molecule has 4 nitrogen and oxygen atoms in total. The lowest BCUT2D eigenvalue weighted by Gasteiger charge is -2.24. The normalized spacial score (nSPS) is 41.2. The summed E-state index contributed by atoms with van der Waals surface area (Å²) in [6, 6.07) is 0.188. The van der Waals surface area contributed by atoms with Crippen molar-refractivity contribution in [1.82, 2.24) is 4.90 Å². The number of nitrogens with two attached hydrogens (primary N) is 1. The van der Waals surface area contributed by atoms with E-state index in [0.29, 0.717) is 6.10 Å². The summed E-state index contributed by atoms with van der Waals surface area (Å²) >= 11 is 0. The maximum absolute atomic E-state index is 12.2. The molecule has 2 bridgehead atoms. The van der Waals surface area contributed by atoms with Crippen molar-refractivity contribution < 1.29 is 9.53 Å². The summed E-state index contributed by atoms with van der Waals surface area (Å²) in [5.41, 5.74) is 5.81. The molecular weight excluding hydrogens is 228 g/mol. The fourth-order valence-electron chi connectivity index (χ4n) is 3.12. The zero-order valence-corrected chi connectivity index (χ0v) is 10.1. The van der Waals surface area contributed by atoms with Crippen molar-refractivity contribution in [2.75, 3.05) is 13.1 Å². The van der Waals surface area contributed by atoms with Crippen LogP contribution in [0.5, 0.6) is 0 Å². The van der Waals surface area contributed by atoms with E-state index in [1.807, 2.05) is 4.90 Å². The van der Waals surface area contributed by atoms with Crippen LogP contribution in [0.25, 0.3) is 0 Å². The number of fused-ring (bicyclic) bond motifs is 2. The van der Waals surface area contributed by atoms with Crippen LogP contribution in [0.3, 0.4) is 0 Å². The number of hydrogen-bond donors (Lipinski definition) is 1. The van der Waals surface area contributed by atoms with Crippen LogP contribution in [0.15, 0.2) is 0 Å². The third-order valence-corrected chi connectivity index (χ3v) is 3.96. The smallest absolute Gasteiger partial charge is 0.228 e. The topological polar surface area (TPSA) is 55.6 Å². The van der Waals surface area contributed by atoms with Gasteiger partial charge in [-0.3, -0.25) is 4.79 Å². The quantitative estimate of drug-likeness (QED) is 0.735. The first-order valence-electron chi connectivity index (χ1n) is 5.94. The van der Waals surface area contributed by atoms with Crippen LogP contribution in [-0.2, 0) is 9.53 Å². The first-order valence-corrected chi connectivity index (χ1v) is 5.94. The lowest BCUT2D eigenvalue weighted by atomic mass is 9.88. The molecule has 0 aromatic carbocycles. The molecule has 0 aromatic rings. The van der Waals surface area contributed by atoms with Crippen LogP contribution in [0, 0.1) is 5.92 Å². The molecule has 1 amide bonds. The summed E-state index contributed by atoms with van der Waals surface area (Å²) in [6.45, 7) is 1.58. The van der Waals surface area contributed by atoms with E-state index in [1.54, 1.807) is 0 Å². The number of likely N-dealkylation sites (tertiary alicyclic amines) is 1. The summed E-state index contributed by atoms with van der Waals surface area (Å²) in [5, 5.41) is 0. The number of nitrogens with zero attached hydrogens (tertiary/aromatic N) is 1. The number of amides is 1. The van der Waals surface area contributed by atoms with Gasteiger partial charge in [0.1, 0.15) is 0 Å². The molecule has 92 valence electrons. The predicted octanol–water partition coefficient (Wildman–Crippen LogP) is 0.535. The molecule has 3 aliphatic heterocycles. The zero-order chi connectivity index (χ0) is 10.4. The van der Waals surface area contributed by atoms with E-state index in [1.165, 1.54) is 0 Å². The summed E-state index contributed by atoms with van der Waals surface area (Å²) in [7, 11) is 0. The number of halogens is 1. The standard InChI is InChI=1S/C11H18N2O2.ClH/c12-7-3-4-13(6-7)11(14)9-5-8-1-2-10(9)15-8;/h7-10H,1-6,12H2;1H/t7-,8?,9?,10?;/m1./s1. The Morgan fingerprint density at radius 2 is 2.12 bits per heavy atom. The highest BCUT2D eigenvalue weighted by atomic mass is 35.5. The van der Waals surface area contributed by atoms with Crippen molar-refractivity contribution in [3.05, 3.63) is 0 Å². The van der Waals surface area contributed by atoms with Crippen LogP contribution >= 0.6 is 12.4 Å². The zero-order valence-electron chi connectivity index (χ0n) is 9.30. The Bertz CT molecular complexity index is 287. The largest absolute Gasteiger partial charge is 0.374 e. The van der Waals surface area contributed by atoms with E-state index in [9.17, 15) is 4.79 Å². The number of carbonyl (C=O) groups excluding carboxylic acids is 1. The number of ether oxygens (including phenoxy) is 1. The van der Waals surface area contributed by atoms with Crippen LogP contribution in [0.4, 0.5) is 0 Å². The van der Waals surface area contributed by atoms with Gasteiger partial charge in [-0.2, -0.15) is 0 Å². The molecule has 3 rings (SSSR count). The van der Waals surface area contributed by atoms with Crippen LogP contribution in [0.1, 0.15) is 25.7 Å². The Hall–Kier alpha value is -0.320. The Balaban J connectivity index is 0.000000963. The van der Waals surface area contributed by atoms with Gasteiger partial charge in [0.05, 0.1) is 18.1 Å². The predicted molar refractivity (Wildman–Crippen MR) is 62.4 cm³/mol. The Kier molecular flexibility index (Phi) is 3.42. The minimum absolute atomic E-state index is 0. The first kappa shape index (κ1) is 12.1. The van der Waals surface area contributed by atoms with Gasteiger partial charge in [-0.25, -0.2) is 0 Å². The van der Waals surface area contributed by atoms with Crippen molar-refractivity contribution in [1.29, 1.82) is 0 Å². The maximum Gasteiger partial charge on any atom is 0.228 e. The van der Waals surface area contributed by atoms with Gasteiger partial charge < -0.3 is 15.4 Å². The van der Waals surface area contributed by atoms with Gasteiger partial charge in [0.2, 0.25) is 5.91 Å².